The van der Waals surface area contributed by atoms with E-state index in [-0.39, 0.29) is 6.04 Å². The molecule has 0 aromatic heterocycles. The molecule has 3 rings (SSSR count). The van der Waals surface area contributed by atoms with Crippen molar-refractivity contribution in [3.63, 3.8) is 0 Å². The number of halogens is 1. The van der Waals surface area contributed by atoms with Crippen LogP contribution in [0.1, 0.15) is 13.3 Å². The van der Waals surface area contributed by atoms with Crippen LogP contribution in [-0.2, 0) is 4.79 Å². The molecule has 2 N–H and O–H groups in total. The summed E-state index contributed by atoms with van der Waals surface area (Å²) in [6.45, 7) is 1.99. The summed E-state index contributed by atoms with van der Waals surface area (Å²) in [5, 5.41) is 12.2. The maximum atomic E-state index is 14.6. The van der Waals surface area contributed by atoms with Crippen LogP contribution in [0.3, 0.4) is 0 Å². The standard InChI is InChI=1S/C19H19FN2O2S/c1-12(21-14-3-5-15(25-2)6-4-14)17-9-13-10-19(20,11-18(23)24)8-7-16(13)22-17/h3-10,12,21H,11H2,1-2H3,(H,23,24). The fourth-order valence-corrected chi connectivity index (χ4v) is 3.23. The molecule has 1 heterocycles. The van der Waals surface area contributed by atoms with E-state index in [1.807, 2.05) is 43.5 Å². The van der Waals surface area contributed by atoms with E-state index in [4.69, 9.17) is 5.11 Å². The third-order valence-corrected chi connectivity index (χ3v) is 4.85. The van der Waals surface area contributed by atoms with E-state index < -0.39 is 18.1 Å². The fourth-order valence-electron chi connectivity index (χ4n) is 2.82. The Morgan fingerprint density at radius 1 is 1.40 bits per heavy atom. The van der Waals surface area contributed by atoms with Crippen LogP contribution in [0.4, 0.5) is 10.1 Å². The minimum absolute atomic E-state index is 0.0546. The van der Waals surface area contributed by atoms with Gasteiger partial charge >= 0.3 is 5.97 Å². The van der Waals surface area contributed by atoms with Crippen molar-refractivity contribution in [2.45, 2.75) is 30.0 Å². The van der Waals surface area contributed by atoms with E-state index in [9.17, 15) is 9.18 Å². The van der Waals surface area contributed by atoms with Crippen molar-refractivity contribution in [2.24, 2.45) is 4.99 Å². The number of carboxylic acid groups (broad SMARTS) is 1. The number of hydrogen-bond acceptors (Lipinski definition) is 4. The lowest BCUT2D eigenvalue weighted by Crippen LogP contribution is -2.25. The zero-order chi connectivity index (χ0) is 18.0. The molecular formula is C19H19FN2O2S. The third kappa shape index (κ3) is 4.02. The molecule has 0 fully saturated rings. The number of rotatable bonds is 6. The number of aliphatic imine (C=N–C) groups is 1. The van der Waals surface area contributed by atoms with Crippen LogP contribution >= 0.6 is 11.8 Å². The highest BCUT2D eigenvalue weighted by atomic mass is 32.2. The van der Waals surface area contributed by atoms with Crippen LogP contribution in [-0.4, -0.2) is 34.8 Å². The van der Waals surface area contributed by atoms with Crippen molar-refractivity contribution < 1.29 is 14.3 Å². The smallest absolute Gasteiger partial charge is 0.307 e. The van der Waals surface area contributed by atoms with Gasteiger partial charge < -0.3 is 10.4 Å². The van der Waals surface area contributed by atoms with Gasteiger partial charge in [0, 0.05) is 16.2 Å². The molecule has 0 radical (unpaired) electrons. The predicted octanol–water partition coefficient (Wildman–Crippen LogP) is 4.23. The number of alkyl halides is 1. The van der Waals surface area contributed by atoms with E-state index in [0.29, 0.717) is 11.3 Å². The highest BCUT2D eigenvalue weighted by molar-refractivity contribution is 7.98. The summed E-state index contributed by atoms with van der Waals surface area (Å²) >= 11 is 1.69. The molecule has 0 saturated heterocycles. The summed E-state index contributed by atoms with van der Waals surface area (Å²) in [5.41, 5.74) is 1.11. The SMILES string of the molecule is CSc1ccc(NC(C)C2=CC3=CC(F)(CC(=O)O)C=CC3=N2)cc1. The number of aliphatic carboxylic acids is 1. The first kappa shape index (κ1) is 17.5. The normalized spacial score (nSPS) is 22.6. The van der Waals surface area contributed by atoms with Gasteiger partial charge in [0.05, 0.1) is 23.9 Å². The Kier molecular flexibility index (Phi) is 4.81. The molecule has 1 aliphatic heterocycles. The van der Waals surface area contributed by atoms with Crippen molar-refractivity contribution in [3.05, 3.63) is 59.8 Å². The maximum absolute atomic E-state index is 14.6. The molecule has 0 amide bonds. The Morgan fingerprint density at radius 2 is 2.12 bits per heavy atom. The van der Waals surface area contributed by atoms with Crippen LogP contribution in [0, 0.1) is 0 Å². The minimum atomic E-state index is -1.96. The number of hydrogen-bond donors (Lipinski definition) is 2. The largest absolute Gasteiger partial charge is 0.481 e. The topological polar surface area (TPSA) is 61.7 Å². The molecule has 1 aliphatic carbocycles. The van der Waals surface area contributed by atoms with Crippen molar-refractivity contribution >= 4 is 29.1 Å². The van der Waals surface area contributed by atoms with Gasteiger partial charge in [-0.3, -0.25) is 9.79 Å². The first-order valence-corrected chi connectivity index (χ1v) is 9.15. The molecule has 1 aromatic carbocycles. The zero-order valence-corrected chi connectivity index (χ0v) is 14.8. The molecule has 130 valence electrons. The van der Waals surface area contributed by atoms with Crippen molar-refractivity contribution in [1.82, 2.24) is 0 Å². The van der Waals surface area contributed by atoms with Crippen molar-refractivity contribution in [2.75, 3.05) is 11.6 Å². The van der Waals surface area contributed by atoms with E-state index >= 15 is 0 Å². The molecule has 2 unspecified atom stereocenters. The fraction of sp³-hybridized carbons (Fsp3) is 0.263. The summed E-state index contributed by atoms with van der Waals surface area (Å²) in [5.74, 6) is -1.17. The predicted molar refractivity (Wildman–Crippen MR) is 100 cm³/mol. The summed E-state index contributed by atoms with van der Waals surface area (Å²) in [6, 6.07) is 8.06. The Bertz CT molecular complexity index is 811. The monoisotopic (exact) mass is 358 g/mol. The van der Waals surface area contributed by atoms with Gasteiger partial charge in [-0.15, -0.1) is 11.8 Å². The lowest BCUT2D eigenvalue weighted by Gasteiger charge is -2.19. The first-order valence-electron chi connectivity index (χ1n) is 7.92. The molecule has 0 bridgehead atoms. The number of anilines is 1. The first-order chi connectivity index (χ1) is 11.9. The number of nitrogens with zero attached hydrogens (tertiary/aromatic N) is 1. The van der Waals surface area contributed by atoms with Gasteiger partial charge in [0.25, 0.3) is 0 Å². The second-order valence-corrected chi connectivity index (χ2v) is 6.97. The van der Waals surface area contributed by atoms with Gasteiger partial charge in [0.2, 0.25) is 0 Å². The van der Waals surface area contributed by atoms with Gasteiger partial charge in [0.1, 0.15) is 0 Å². The highest BCUT2D eigenvalue weighted by Gasteiger charge is 2.33. The number of nitrogens with one attached hydrogen (secondary N) is 1. The summed E-state index contributed by atoms with van der Waals surface area (Å²) in [7, 11) is 0. The molecule has 2 aliphatic rings. The number of benzene rings is 1. The Balaban J connectivity index is 1.75. The third-order valence-electron chi connectivity index (χ3n) is 4.10. The summed E-state index contributed by atoms with van der Waals surface area (Å²) < 4.78 is 14.6. The lowest BCUT2D eigenvalue weighted by molar-refractivity contribution is -0.138. The molecule has 6 heteroatoms. The highest BCUT2D eigenvalue weighted by Crippen LogP contribution is 2.32. The number of carboxylic acids is 1. The average Bonchev–Trinajstić information content (AvgIpc) is 2.97. The molecule has 4 nitrogen and oxygen atoms in total. The second-order valence-electron chi connectivity index (χ2n) is 6.09. The quantitative estimate of drug-likeness (QED) is 0.747. The lowest BCUT2D eigenvalue weighted by atomic mass is 9.91. The van der Waals surface area contributed by atoms with E-state index in [0.717, 1.165) is 11.4 Å². The minimum Gasteiger partial charge on any atom is -0.481 e. The molecular weight excluding hydrogens is 339 g/mol. The van der Waals surface area contributed by atoms with Gasteiger partial charge in [-0.25, -0.2) is 4.39 Å². The van der Waals surface area contributed by atoms with Gasteiger partial charge in [-0.05, 0) is 61.7 Å². The number of carbonyl (C=O) groups is 1. The van der Waals surface area contributed by atoms with Crippen LogP contribution in [0.5, 0.6) is 0 Å². The van der Waals surface area contributed by atoms with Crippen LogP contribution in [0.25, 0.3) is 0 Å². The number of allylic oxidation sites excluding steroid dienone is 5. The second kappa shape index (κ2) is 6.88. The Hall–Kier alpha value is -2.34. The molecule has 0 spiro atoms. The van der Waals surface area contributed by atoms with Crippen LogP contribution in [0.15, 0.2) is 69.7 Å². The number of thioether (sulfide) groups is 1. The summed E-state index contributed by atoms with van der Waals surface area (Å²) in [4.78, 5) is 16.5. The van der Waals surface area contributed by atoms with E-state index in [1.165, 1.54) is 17.0 Å². The maximum Gasteiger partial charge on any atom is 0.307 e. The Morgan fingerprint density at radius 3 is 2.76 bits per heavy atom. The molecule has 25 heavy (non-hydrogen) atoms. The number of fused-ring (bicyclic) bond motifs is 1. The van der Waals surface area contributed by atoms with E-state index in [1.54, 1.807) is 17.8 Å². The molecule has 2 atom stereocenters. The van der Waals surface area contributed by atoms with Crippen molar-refractivity contribution in [1.29, 1.82) is 0 Å². The average molecular weight is 358 g/mol. The van der Waals surface area contributed by atoms with Crippen LogP contribution in [0.2, 0.25) is 0 Å². The Labute approximate surface area is 150 Å². The zero-order valence-electron chi connectivity index (χ0n) is 14.0. The van der Waals surface area contributed by atoms with Gasteiger partial charge in [0.15, 0.2) is 5.67 Å². The van der Waals surface area contributed by atoms with Gasteiger partial charge in [-0.2, -0.15) is 0 Å². The van der Waals surface area contributed by atoms with Crippen LogP contribution < -0.4 is 5.32 Å². The van der Waals surface area contributed by atoms with Gasteiger partial charge in [-0.1, -0.05) is 0 Å². The van der Waals surface area contributed by atoms with Crippen molar-refractivity contribution in [3.8, 4) is 0 Å². The summed E-state index contributed by atoms with van der Waals surface area (Å²) in [6.07, 6.45) is 7.42. The van der Waals surface area contributed by atoms with E-state index in [2.05, 4.69) is 10.3 Å². The molecule has 1 aromatic rings. The molecule has 0 saturated carbocycles.